The van der Waals surface area contributed by atoms with E-state index in [1.807, 2.05) is 0 Å². The number of H-pyrrole nitrogens is 1. The van der Waals surface area contributed by atoms with Gasteiger partial charge in [-0.15, -0.1) is 11.8 Å². The Labute approximate surface area is 111 Å². The van der Waals surface area contributed by atoms with Crippen molar-refractivity contribution in [3.8, 4) is 0 Å². The zero-order valence-corrected chi connectivity index (χ0v) is 11.6. The fourth-order valence-corrected chi connectivity index (χ4v) is 2.78. The van der Waals surface area contributed by atoms with Gasteiger partial charge in [-0.25, -0.2) is 15.0 Å². The average molecular weight is 265 g/mol. The number of imidazole rings is 1. The third-order valence-corrected chi connectivity index (χ3v) is 3.84. The van der Waals surface area contributed by atoms with Gasteiger partial charge in [0.2, 0.25) is 0 Å². The van der Waals surface area contributed by atoms with Gasteiger partial charge in [0.15, 0.2) is 5.65 Å². The Morgan fingerprint density at radius 1 is 1.39 bits per heavy atom. The Kier molecular flexibility index (Phi) is 4.95. The molecular weight excluding hydrogens is 246 g/mol. The molecule has 0 saturated carbocycles. The van der Waals surface area contributed by atoms with Gasteiger partial charge in [-0.2, -0.15) is 0 Å². The topological polar surface area (TPSA) is 66.5 Å². The highest BCUT2D eigenvalue weighted by atomic mass is 32.2. The first-order chi connectivity index (χ1) is 8.81. The van der Waals surface area contributed by atoms with Crippen molar-refractivity contribution in [2.24, 2.45) is 0 Å². The lowest BCUT2D eigenvalue weighted by molar-refractivity contribution is 0.526. The fraction of sp³-hybridized carbons (Fsp3) is 0.583. The number of aromatic amines is 1. The maximum absolute atomic E-state index is 4.30. The first kappa shape index (κ1) is 13.3. The Morgan fingerprint density at radius 3 is 3.11 bits per heavy atom. The largest absolute Gasteiger partial charge is 0.341 e. The van der Waals surface area contributed by atoms with E-state index in [1.54, 1.807) is 24.4 Å². The number of hydrogen-bond acceptors (Lipinski definition) is 5. The minimum absolute atomic E-state index is 0.591. The molecule has 2 N–H and O–H groups in total. The third kappa shape index (κ3) is 3.43. The van der Waals surface area contributed by atoms with Crippen molar-refractivity contribution < 1.29 is 0 Å². The number of aromatic nitrogens is 4. The summed E-state index contributed by atoms with van der Waals surface area (Å²) in [6, 6.07) is 0.591. The zero-order valence-electron chi connectivity index (χ0n) is 10.8. The molecule has 2 aromatic heterocycles. The molecule has 5 nitrogen and oxygen atoms in total. The Morgan fingerprint density at radius 2 is 2.28 bits per heavy atom. The van der Waals surface area contributed by atoms with Crippen LogP contribution in [-0.2, 0) is 0 Å². The quantitative estimate of drug-likeness (QED) is 0.456. The Hall–Kier alpha value is -1.14. The molecule has 1 atom stereocenters. The van der Waals surface area contributed by atoms with Gasteiger partial charge in [-0.1, -0.05) is 6.92 Å². The summed E-state index contributed by atoms with van der Waals surface area (Å²) in [6.07, 6.45) is 5.61. The molecule has 0 spiro atoms. The lowest BCUT2D eigenvalue weighted by Gasteiger charge is -2.11. The van der Waals surface area contributed by atoms with E-state index in [0.29, 0.717) is 6.04 Å². The van der Waals surface area contributed by atoms with Gasteiger partial charge in [-0.05, 0) is 32.1 Å². The molecule has 2 rings (SSSR count). The van der Waals surface area contributed by atoms with Crippen molar-refractivity contribution in [2.45, 2.75) is 37.8 Å². The van der Waals surface area contributed by atoms with E-state index in [-0.39, 0.29) is 0 Å². The molecule has 6 heteroatoms. The predicted octanol–water partition coefficient (Wildman–Crippen LogP) is 2.22. The SMILES string of the molecule is CCNC(C)CCCSc1ncnc2nc[nH]c12. The highest BCUT2D eigenvalue weighted by Gasteiger charge is 2.06. The Balaban J connectivity index is 1.81. The second-order valence-corrected chi connectivity index (χ2v) is 5.31. The van der Waals surface area contributed by atoms with E-state index in [4.69, 9.17) is 0 Å². The van der Waals surface area contributed by atoms with E-state index in [9.17, 15) is 0 Å². The molecule has 0 amide bonds. The van der Waals surface area contributed by atoms with Gasteiger partial charge in [-0.3, -0.25) is 0 Å². The summed E-state index contributed by atoms with van der Waals surface area (Å²) in [5.41, 5.74) is 1.69. The molecule has 0 bridgehead atoms. The number of fused-ring (bicyclic) bond motifs is 1. The number of rotatable bonds is 7. The molecule has 0 aliphatic carbocycles. The van der Waals surface area contributed by atoms with Crippen LogP contribution in [0.5, 0.6) is 0 Å². The van der Waals surface area contributed by atoms with Crippen molar-refractivity contribution in [2.75, 3.05) is 12.3 Å². The molecule has 2 heterocycles. The van der Waals surface area contributed by atoms with Crippen molar-refractivity contribution in [1.82, 2.24) is 25.3 Å². The number of hydrogen-bond donors (Lipinski definition) is 2. The summed E-state index contributed by atoms with van der Waals surface area (Å²) in [4.78, 5) is 15.6. The molecule has 0 aromatic carbocycles. The second kappa shape index (κ2) is 6.70. The van der Waals surface area contributed by atoms with E-state index in [0.717, 1.165) is 28.5 Å². The minimum atomic E-state index is 0.591. The molecular formula is C12H19N5S. The van der Waals surface area contributed by atoms with Crippen LogP contribution in [0.3, 0.4) is 0 Å². The molecule has 0 aliphatic rings. The first-order valence-electron chi connectivity index (χ1n) is 6.31. The van der Waals surface area contributed by atoms with Gasteiger partial charge in [0.05, 0.1) is 6.33 Å². The summed E-state index contributed by atoms with van der Waals surface area (Å²) >= 11 is 1.76. The third-order valence-electron chi connectivity index (χ3n) is 2.76. The molecule has 98 valence electrons. The highest BCUT2D eigenvalue weighted by Crippen LogP contribution is 2.22. The van der Waals surface area contributed by atoms with Crippen molar-refractivity contribution in [1.29, 1.82) is 0 Å². The Bertz CT molecular complexity index is 484. The van der Waals surface area contributed by atoms with Crippen molar-refractivity contribution in [3.63, 3.8) is 0 Å². The normalized spacial score (nSPS) is 13.0. The predicted molar refractivity (Wildman–Crippen MR) is 74.8 cm³/mol. The smallest absolute Gasteiger partial charge is 0.181 e. The highest BCUT2D eigenvalue weighted by molar-refractivity contribution is 7.99. The van der Waals surface area contributed by atoms with Crippen LogP contribution in [-0.4, -0.2) is 38.3 Å². The van der Waals surface area contributed by atoms with Crippen molar-refractivity contribution >= 4 is 22.9 Å². The van der Waals surface area contributed by atoms with Crippen molar-refractivity contribution in [3.05, 3.63) is 12.7 Å². The van der Waals surface area contributed by atoms with Gasteiger partial charge in [0.25, 0.3) is 0 Å². The van der Waals surface area contributed by atoms with Crippen LogP contribution in [0, 0.1) is 0 Å². The monoisotopic (exact) mass is 265 g/mol. The lowest BCUT2D eigenvalue weighted by Crippen LogP contribution is -2.25. The fourth-order valence-electron chi connectivity index (χ4n) is 1.86. The van der Waals surface area contributed by atoms with Crippen LogP contribution in [0.25, 0.3) is 11.2 Å². The number of thioether (sulfide) groups is 1. The number of nitrogens with zero attached hydrogens (tertiary/aromatic N) is 3. The lowest BCUT2D eigenvalue weighted by atomic mass is 10.2. The summed E-state index contributed by atoms with van der Waals surface area (Å²) in [6.45, 7) is 5.40. The molecule has 0 radical (unpaired) electrons. The van der Waals surface area contributed by atoms with Gasteiger partial charge in [0, 0.05) is 6.04 Å². The van der Waals surface area contributed by atoms with Gasteiger partial charge in [0.1, 0.15) is 16.9 Å². The maximum Gasteiger partial charge on any atom is 0.181 e. The van der Waals surface area contributed by atoms with Crippen LogP contribution >= 0.6 is 11.8 Å². The van der Waals surface area contributed by atoms with Crippen LogP contribution in [0.2, 0.25) is 0 Å². The molecule has 1 unspecified atom stereocenters. The van der Waals surface area contributed by atoms with Crippen LogP contribution in [0.1, 0.15) is 26.7 Å². The summed E-state index contributed by atoms with van der Waals surface area (Å²) in [5, 5.41) is 4.41. The summed E-state index contributed by atoms with van der Waals surface area (Å²) < 4.78 is 0. The van der Waals surface area contributed by atoms with Gasteiger partial charge < -0.3 is 10.3 Å². The summed E-state index contributed by atoms with van der Waals surface area (Å²) in [7, 11) is 0. The maximum atomic E-state index is 4.30. The van der Waals surface area contributed by atoms with E-state index < -0.39 is 0 Å². The average Bonchev–Trinajstić information content (AvgIpc) is 2.84. The molecule has 0 saturated heterocycles. The molecule has 0 fully saturated rings. The van der Waals surface area contributed by atoms with Crippen LogP contribution < -0.4 is 5.32 Å². The van der Waals surface area contributed by atoms with Gasteiger partial charge >= 0.3 is 0 Å². The summed E-state index contributed by atoms with van der Waals surface area (Å²) in [5.74, 6) is 1.07. The zero-order chi connectivity index (χ0) is 12.8. The minimum Gasteiger partial charge on any atom is -0.341 e. The first-order valence-corrected chi connectivity index (χ1v) is 7.30. The molecule has 18 heavy (non-hydrogen) atoms. The van der Waals surface area contributed by atoms with E-state index >= 15 is 0 Å². The number of nitrogens with one attached hydrogen (secondary N) is 2. The second-order valence-electron chi connectivity index (χ2n) is 4.23. The van der Waals surface area contributed by atoms with Crippen LogP contribution in [0.15, 0.2) is 17.7 Å². The van der Waals surface area contributed by atoms with E-state index in [2.05, 4.69) is 39.1 Å². The van der Waals surface area contributed by atoms with E-state index in [1.165, 1.54) is 12.8 Å². The van der Waals surface area contributed by atoms with Crippen LogP contribution in [0.4, 0.5) is 0 Å². The molecule has 2 aromatic rings. The standard InChI is InChI=1S/C12H19N5S/c1-3-13-9(2)5-4-6-18-12-10-11(15-7-14-10)16-8-17-12/h7-9,13H,3-6H2,1-2H3,(H,14,15,16,17). The molecule has 0 aliphatic heterocycles.